The summed E-state index contributed by atoms with van der Waals surface area (Å²) in [4.78, 5) is 0. The van der Waals surface area contributed by atoms with Crippen molar-refractivity contribution in [3.05, 3.63) is 33.9 Å². The van der Waals surface area contributed by atoms with Gasteiger partial charge in [-0.2, -0.15) is 5.10 Å². The summed E-state index contributed by atoms with van der Waals surface area (Å²) >= 11 is 12.1. The van der Waals surface area contributed by atoms with Crippen LogP contribution < -0.4 is 5.73 Å². The van der Waals surface area contributed by atoms with Gasteiger partial charge in [-0.25, -0.2) is 0 Å². The van der Waals surface area contributed by atoms with Crippen LogP contribution in [0.1, 0.15) is 38.3 Å². The number of hydrogen-bond donors (Lipinski definition) is 1. The SMILES string of the molecule is CCCC(C)c1nn(C)c(N)c1-c1ccc(Cl)c(Cl)c1. The monoisotopic (exact) mass is 311 g/mol. The van der Waals surface area contributed by atoms with Gasteiger partial charge in [0, 0.05) is 18.5 Å². The summed E-state index contributed by atoms with van der Waals surface area (Å²) in [5, 5.41) is 5.64. The molecule has 20 heavy (non-hydrogen) atoms. The fraction of sp³-hybridized carbons (Fsp3) is 0.400. The Labute approximate surface area is 129 Å². The molecule has 0 saturated carbocycles. The van der Waals surface area contributed by atoms with Gasteiger partial charge in [0.25, 0.3) is 0 Å². The molecule has 2 rings (SSSR count). The van der Waals surface area contributed by atoms with Crippen LogP contribution >= 0.6 is 23.2 Å². The lowest BCUT2D eigenvalue weighted by atomic mass is 9.95. The second-order valence-electron chi connectivity index (χ2n) is 5.09. The van der Waals surface area contributed by atoms with Crippen LogP contribution in [0.4, 0.5) is 5.82 Å². The quantitative estimate of drug-likeness (QED) is 0.874. The molecule has 2 aromatic rings. The molecule has 0 radical (unpaired) electrons. The Kier molecular flexibility index (Phi) is 4.61. The zero-order valence-electron chi connectivity index (χ0n) is 12.0. The molecule has 2 N–H and O–H groups in total. The average Bonchev–Trinajstić information content (AvgIpc) is 2.70. The van der Waals surface area contributed by atoms with Crippen molar-refractivity contribution in [2.45, 2.75) is 32.6 Å². The maximum absolute atomic E-state index is 6.18. The highest BCUT2D eigenvalue weighted by molar-refractivity contribution is 6.42. The van der Waals surface area contributed by atoms with Gasteiger partial charge >= 0.3 is 0 Å². The fourth-order valence-electron chi connectivity index (χ4n) is 2.42. The predicted molar refractivity (Wildman–Crippen MR) is 86.4 cm³/mol. The number of hydrogen-bond acceptors (Lipinski definition) is 2. The van der Waals surface area contributed by atoms with Gasteiger partial charge in [-0.15, -0.1) is 0 Å². The molecule has 0 amide bonds. The molecule has 0 saturated heterocycles. The fourth-order valence-corrected chi connectivity index (χ4v) is 2.72. The maximum atomic E-state index is 6.18. The van der Waals surface area contributed by atoms with Gasteiger partial charge in [-0.1, -0.05) is 49.5 Å². The molecule has 1 heterocycles. The molecular formula is C15H19Cl2N3. The van der Waals surface area contributed by atoms with Crippen LogP contribution in [-0.4, -0.2) is 9.78 Å². The Balaban J connectivity index is 2.57. The lowest BCUT2D eigenvalue weighted by molar-refractivity contribution is 0.627. The van der Waals surface area contributed by atoms with Crippen LogP contribution in [0, 0.1) is 0 Å². The second kappa shape index (κ2) is 6.06. The van der Waals surface area contributed by atoms with Crippen LogP contribution in [0.5, 0.6) is 0 Å². The Morgan fingerprint density at radius 2 is 2.00 bits per heavy atom. The second-order valence-corrected chi connectivity index (χ2v) is 5.90. The zero-order chi connectivity index (χ0) is 14.9. The Hall–Kier alpha value is -1.19. The minimum atomic E-state index is 0.355. The van der Waals surface area contributed by atoms with E-state index in [4.69, 9.17) is 28.9 Å². The topological polar surface area (TPSA) is 43.8 Å². The lowest BCUT2D eigenvalue weighted by Gasteiger charge is -2.11. The molecule has 5 heteroatoms. The molecule has 3 nitrogen and oxygen atoms in total. The average molecular weight is 312 g/mol. The van der Waals surface area contributed by atoms with E-state index in [0.29, 0.717) is 21.8 Å². The van der Waals surface area contributed by atoms with Crippen molar-refractivity contribution in [1.29, 1.82) is 0 Å². The number of halogens is 2. The summed E-state index contributed by atoms with van der Waals surface area (Å²) < 4.78 is 1.72. The Bertz CT molecular complexity index is 620. The van der Waals surface area contributed by atoms with E-state index in [0.717, 1.165) is 29.7 Å². The molecule has 1 aromatic carbocycles. The summed E-state index contributed by atoms with van der Waals surface area (Å²) in [6, 6.07) is 5.57. The van der Waals surface area contributed by atoms with E-state index in [1.54, 1.807) is 10.7 Å². The van der Waals surface area contributed by atoms with Crippen molar-refractivity contribution in [3.8, 4) is 11.1 Å². The van der Waals surface area contributed by atoms with Crippen LogP contribution in [0.2, 0.25) is 10.0 Å². The van der Waals surface area contributed by atoms with Crippen molar-refractivity contribution >= 4 is 29.0 Å². The number of aromatic nitrogens is 2. The Morgan fingerprint density at radius 3 is 2.60 bits per heavy atom. The van der Waals surface area contributed by atoms with Crippen LogP contribution in [0.3, 0.4) is 0 Å². The molecule has 0 aliphatic heterocycles. The number of nitrogens with zero attached hydrogens (tertiary/aromatic N) is 2. The van der Waals surface area contributed by atoms with Gasteiger partial charge in [0.15, 0.2) is 0 Å². The molecular weight excluding hydrogens is 293 g/mol. The van der Waals surface area contributed by atoms with Crippen molar-refractivity contribution in [1.82, 2.24) is 9.78 Å². The summed E-state index contributed by atoms with van der Waals surface area (Å²) in [7, 11) is 1.86. The van der Waals surface area contributed by atoms with Crippen LogP contribution in [-0.2, 0) is 7.05 Å². The first-order chi connectivity index (χ1) is 9.45. The van der Waals surface area contributed by atoms with Gasteiger partial charge in [-0.05, 0) is 24.1 Å². The molecule has 1 aromatic heterocycles. The third-order valence-electron chi connectivity index (χ3n) is 3.52. The normalized spacial score (nSPS) is 12.7. The van der Waals surface area contributed by atoms with Crippen molar-refractivity contribution in [2.75, 3.05) is 5.73 Å². The van der Waals surface area contributed by atoms with E-state index in [1.807, 2.05) is 19.2 Å². The summed E-state index contributed by atoms with van der Waals surface area (Å²) in [6.45, 7) is 4.34. The van der Waals surface area contributed by atoms with E-state index >= 15 is 0 Å². The van der Waals surface area contributed by atoms with E-state index in [-0.39, 0.29) is 0 Å². The highest BCUT2D eigenvalue weighted by Gasteiger charge is 2.20. The minimum absolute atomic E-state index is 0.355. The smallest absolute Gasteiger partial charge is 0.129 e. The largest absolute Gasteiger partial charge is 0.383 e. The number of aryl methyl sites for hydroxylation is 1. The summed E-state index contributed by atoms with van der Waals surface area (Å²) in [5.41, 5.74) is 9.13. The summed E-state index contributed by atoms with van der Waals surface area (Å²) in [5.74, 6) is 1.01. The van der Waals surface area contributed by atoms with Crippen LogP contribution in [0.15, 0.2) is 18.2 Å². The molecule has 0 bridgehead atoms. The third-order valence-corrected chi connectivity index (χ3v) is 4.25. The first-order valence-corrected chi connectivity index (χ1v) is 7.49. The number of benzene rings is 1. The van der Waals surface area contributed by atoms with Gasteiger partial charge in [0.1, 0.15) is 5.82 Å². The minimum Gasteiger partial charge on any atom is -0.383 e. The maximum Gasteiger partial charge on any atom is 0.129 e. The highest BCUT2D eigenvalue weighted by atomic mass is 35.5. The highest BCUT2D eigenvalue weighted by Crippen LogP contribution is 2.37. The van der Waals surface area contributed by atoms with Crippen molar-refractivity contribution < 1.29 is 0 Å². The van der Waals surface area contributed by atoms with Crippen LogP contribution in [0.25, 0.3) is 11.1 Å². The van der Waals surface area contributed by atoms with Gasteiger partial charge < -0.3 is 5.73 Å². The first-order valence-electron chi connectivity index (χ1n) is 6.73. The number of nitrogen functional groups attached to an aromatic ring is 1. The van der Waals surface area contributed by atoms with Gasteiger partial charge in [0.2, 0.25) is 0 Å². The summed E-state index contributed by atoms with van der Waals surface area (Å²) in [6.07, 6.45) is 2.18. The molecule has 0 aliphatic rings. The molecule has 0 fully saturated rings. The molecule has 108 valence electrons. The lowest BCUT2D eigenvalue weighted by Crippen LogP contribution is -1.98. The number of anilines is 1. The number of rotatable bonds is 4. The molecule has 1 unspecified atom stereocenters. The third kappa shape index (κ3) is 2.79. The predicted octanol–water partition coefficient (Wildman–Crippen LogP) is 4.88. The van der Waals surface area contributed by atoms with Gasteiger partial charge in [-0.3, -0.25) is 4.68 Å². The zero-order valence-corrected chi connectivity index (χ0v) is 13.5. The first kappa shape index (κ1) is 15.2. The van der Waals surface area contributed by atoms with Gasteiger partial charge in [0.05, 0.1) is 15.7 Å². The molecule has 1 atom stereocenters. The molecule has 0 spiro atoms. The van der Waals surface area contributed by atoms with Crippen molar-refractivity contribution in [3.63, 3.8) is 0 Å². The number of nitrogens with two attached hydrogens (primary N) is 1. The van der Waals surface area contributed by atoms with E-state index in [2.05, 4.69) is 18.9 Å². The standard InChI is InChI=1S/C15H19Cl2N3/c1-4-5-9(2)14-13(15(18)20(3)19-14)10-6-7-11(16)12(17)8-10/h6-9H,4-5,18H2,1-3H3. The van der Waals surface area contributed by atoms with Crippen molar-refractivity contribution in [2.24, 2.45) is 7.05 Å². The Morgan fingerprint density at radius 1 is 1.30 bits per heavy atom. The van der Waals surface area contributed by atoms with E-state index in [1.165, 1.54) is 0 Å². The molecule has 0 aliphatic carbocycles. The van der Waals surface area contributed by atoms with E-state index in [9.17, 15) is 0 Å². The van der Waals surface area contributed by atoms with E-state index < -0.39 is 0 Å².